The molecule has 5 nitrogen and oxygen atoms in total. The first kappa shape index (κ1) is 17.8. The van der Waals surface area contributed by atoms with Crippen molar-refractivity contribution >= 4 is 28.8 Å². The minimum absolute atomic E-state index is 0.00433. The second-order valence-corrected chi connectivity index (χ2v) is 6.96. The van der Waals surface area contributed by atoms with Crippen molar-refractivity contribution in [3.05, 3.63) is 69.5 Å². The van der Waals surface area contributed by atoms with E-state index in [0.29, 0.717) is 11.3 Å². The van der Waals surface area contributed by atoms with Crippen LogP contribution in [0, 0.1) is 15.9 Å². The summed E-state index contributed by atoms with van der Waals surface area (Å²) in [5.41, 5.74) is 3.63. The second kappa shape index (κ2) is 6.37. The van der Waals surface area contributed by atoms with Gasteiger partial charge >= 0.3 is 0 Å². The van der Waals surface area contributed by atoms with Gasteiger partial charge in [-0.3, -0.25) is 15.1 Å². The predicted molar refractivity (Wildman–Crippen MR) is 103 cm³/mol. The Morgan fingerprint density at radius 2 is 1.88 bits per heavy atom. The van der Waals surface area contributed by atoms with Crippen molar-refractivity contribution in [1.29, 1.82) is 0 Å². The van der Waals surface area contributed by atoms with Gasteiger partial charge in [0.1, 0.15) is 5.82 Å². The van der Waals surface area contributed by atoms with E-state index in [9.17, 15) is 14.5 Å². The molecular formula is C20H20FN3O2. The smallest absolute Gasteiger partial charge is 0.269 e. The highest BCUT2D eigenvalue weighted by atomic mass is 19.1. The van der Waals surface area contributed by atoms with Gasteiger partial charge < -0.3 is 4.90 Å². The SMILES string of the molecule is CC1=CC(C)(C)N(C)c2cc(F)c(C=Nc3ccc([N+](=O)[O-])cc3)cc21. The van der Waals surface area contributed by atoms with E-state index in [1.54, 1.807) is 6.07 Å². The third-order valence-electron chi connectivity index (χ3n) is 4.75. The Labute approximate surface area is 151 Å². The molecule has 0 saturated heterocycles. The maximum Gasteiger partial charge on any atom is 0.269 e. The van der Waals surface area contributed by atoms with Crippen molar-refractivity contribution < 1.29 is 9.31 Å². The summed E-state index contributed by atoms with van der Waals surface area (Å²) in [6, 6.07) is 9.14. The lowest BCUT2D eigenvalue weighted by molar-refractivity contribution is -0.384. The Bertz CT molecular complexity index is 931. The van der Waals surface area contributed by atoms with Crippen molar-refractivity contribution in [2.24, 2.45) is 4.99 Å². The van der Waals surface area contributed by atoms with Crippen LogP contribution < -0.4 is 4.90 Å². The van der Waals surface area contributed by atoms with Gasteiger partial charge in [0.05, 0.1) is 16.1 Å². The fourth-order valence-electron chi connectivity index (χ4n) is 3.09. The Kier molecular flexibility index (Phi) is 4.36. The fraction of sp³-hybridized carbons (Fsp3) is 0.250. The van der Waals surface area contributed by atoms with E-state index in [2.05, 4.69) is 29.8 Å². The molecule has 0 unspecified atom stereocenters. The highest BCUT2D eigenvalue weighted by Gasteiger charge is 2.29. The second-order valence-electron chi connectivity index (χ2n) is 6.96. The summed E-state index contributed by atoms with van der Waals surface area (Å²) < 4.78 is 14.6. The average molecular weight is 353 g/mol. The zero-order valence-corrected chi connectivity index (χ0v) is 15.2. The number of fused-ring (bicyclic) bond motifs is 1. The molecule has 2 aromatic carbocycles. The van der Waals surface area contributed by atoms with Gasteiger partial charge in [-0.1, -0.05) is 6.08 Å². The largest absolute Gasteiger partial charge is 0.365 e. The summed E-state index contributed by atoms with van der Waals surface area (Å²) in [6.45, 7) is 6.19. The Morgan fingerprint density at radius 3 is 2.50 bits per heavy atom. The summed E-state index contributed by atoms with van der Waals surface area (Å²) in [5.74, 6) is -0.355. The third-order valence-corrected chi connectivity index (χ3v) is 4.75. The molecule has 1 aliphatic heterocycles. The summed E-state index contributed by atoms with van der Waals surface area (Å²) in [4.78, 5) is 16.5. The maximum absolute atomic E-state index is 14.6. The van der Waals surface area contributed by atoms with Crippen LogP contribution in [0.1, 0.15) is 31.9 Å². The van der Waals surface area contributed by atoms with Crippen molar-refractivity contribution in [2.75, 3.05) is 11.9 Å². The molecule has 3 rings (SSSR count). The van der Waals surface area contributed by atoms with Gasteiger partial charge in [-0.25, -0.2) is 4.39 Å². The highest BCUT2D eigenvalue weighted by Crippen LogP contribution is 2.38. The molecule has 0 aliphatic carbocycles. The molecule has 0 saturated carbocycles. The van der Waals surface area contributed by atoms with Gasteiger partial charge in [0.25, 0.3) is 5.69 Å². The molecule has 0 atom stereocenters. The highest BCUT2D eigenvalue weighted by molar-refractivity contribution is 5.89. The van der Waals surface area contributed by atoms with E-state index in [0.717, 1.165) is 16.8 Å². The summed E-state index contributed by atoms with van der Waals surface area (Å²) in [5, 5.41) is 10.7. The first-order chi connectivity index (χ1) is 12.2. The van der Waals surface area contributed by atoms with E-state index >= 15 is 0 Å². The van der Waals surface area contributed by atoms with Crippen LogP contribution in [0.25, 0.3) is 5.57 Å². The molecule has 134 valence electrons. The van der Waals surface area contributed by atoms with Crippen LogP contribution in [0.5, 0.6) is 0 Å². The zero-order valence-electron chi connectivity index (χ0n) is 15.2. The van der Waals surface area contributed by atoms with E-state index in [4.69, 9.17) is 0 Å². The molecule has 0 spiro atoms. The van der Waals surface area contributed by atoms with Gasteiger partial charge in [-0.2, -0.15) is 0 Å². The number of rotatable bonds is 3. The Balaban J connectivity index is 1.95. The Morgan fingerprint density at radius 1 is 1.23 bits per heavy atom. The zero-order chi connectivity index (χ0) is 19.1. The van der Waals surface area contributed by atoms with E-state index in [1.165, 1.54) is 36.5 Å². The summed E-state index contributed by atoms with van der Waals surface area (Å²) >= 11 is 0. The van der Waals surface area contributed by atoms with Crippen LogP contribution in [-0.4, -0.2) is 23.7 Å². The number of nitro groups is 1. The number of hydrogen-bond acceptors (Lipinski definition) is 4. The van der Waals surface area contributed by atoms with Crippen LogP contribution in [0.3, 0.4) is 0 Å². The van der Waals surface area contributed by atoms with Crippen LogP contribution in [0.4, 0.5) is 21.5 Å². The molecule has 0 fully saturated rings. The van der Waals surface area contributed by atoms with Gasteiger partial charge in [-0.05, 0) is 50.6 Å². The molecule has 26 heavy (non-hydrogen) atoms. The van der Waals surface area contributed by atoms with Crippen LogP contribution in [0.2, 0.25) is 0 Å². The fourth-order valence-corrected chi connectivity index (χ4v) is 3.09. The van der Waals surface area contributed by atoms with Crippen molar-refractivity contribution in [3.63, 3.8) is 0 Å². The molecule has 2 aromatic rings. The number of anilines is 1. The number of benzene rings is 2. The van der Waals surface area contributed by atoms with Crippen molar-refractivity contribution in [2.45, 2.75) is 26.3 Å². The van der Waals surface area contributed by atoms with Gasteiger partial charge in [0.15, 0.2) is 0 Å². The minimum atomic E-state index is -0.469. The maximum atomic E-state index is 14.6. The average Bonchev–Trinajstić information content (AvgIpc) is 2.58. The van der Waals surface area contributed by atoms with Crippen molar-refractivity contribution in [3.8, 4) is 0 Å². The number of likely N-dealkylation sites (N-methyl/N-ethyl adjacent to an activating group) is 1. The monoisotopic (exact) mass is 353 g/mol. The number of allylic oxidation sites excluding steroid dienone is 1. The van der Waals surface area contributed by atoms with Crippen molar-refractivity contribution in [1.82, 2.24) is 0 Å². The number of aliphatic imine (C=N–C) groups is 1. The lowest BCUT2D eigenvalue weighted by Gasteiger charge is -2.40. The molecule has 1 aliphatic rings. The first-order valence-corrected chi connectivity index (χ1v) is 8.25. The lowest BCUT2D eigenvalue weighted by Crippen LogP contribution is -2.42. The van der Waals surface area contributed by atoms with Gasteiger partial charge in [0, 0.05) is 42.2 Å². The topological polar surface area (TPSA) is 58.7 Å². The molecule has 0 aromatic heterocycles. The van der Waals surface area contributed by atoms with Crippen LogP contribution in [0.15, 0.2) is 47.5 Å². The number of non-ortho nitro benzene ring substituents is 1. The molecule has 0 radical (unpaired) electrons. The van der Waals surface area contributed by atoms with E-state index in [1.807, 2.05) is 14.0 Å². The minimum Gasteiger partial charge on any atom is -0.365 e. The lowest BCUT2D eigenvalue weighted by atomic mass is 9.88. The van der Waals surface area contributed by atoms with Gasteiger partial charge in [0.2, 0.25) is 0 Å². The first-order valence-electron chi connectivity index (χ1n) is 8.25. The number of nitrogens with zero attached hydrogens (tertiary/aromatic N) is 3. The molecule has 1 heterocycles. The quantitative estimate of drug-likeness (QED) is 0.437. The summed E-state index contributed by atoms with van der Waals surface area (Å²) in [6.07, 6.45) is 3.61. The number of hydrogen-bond donors (Lipinski definition) is 0. The predicted octanol–water partition coefficient (Wildman–Crippen LogP) is 5.12. The normalized spacial score (nSPS) is 15.7. The molecule has 6 heteroatoms. The molecule has 0 amide bonds. The number of halogens is 1. The van der Waals surface area contributed by atoms with Crippen LogP contribution in [-0.2, 0) is 0 Å². The van der Waals surface area contributed by atoms with E-state index in [-0.39, 0.29) is 17.0 Å². The third kappa shape index (κ3) is 3.22. The number of nitro benzene ring substituents is 1. The Hall–Kier alpha value is -3.02. The van der Waals surface area contributed by atoms with E-state index < -0.39 is 4.92 Å². The van der Waals surface area contributed by atoms with Gasteiger partial charge in [-0.15, -0.1) is 0 Å². The molecule has 0 N–H and O–H groups in total. The van der Waals surface area contributed by atoms with Crippen LogP contribution >= 0.6 is 0 Å². The molecule has 0 bridgehead atoms. The molecular weight excluding hydrogens is 333 g/mol. The standard InChI is InChI=1S/C20H20FN3O2/c1-13-11-20(2,3)23(4)19-10-18(21)14(9-17(13)19)12-22-15-5-7-16(8-6-15)24(25)26/h5-12H,1-4H3. The summed E-state index contributed by atoms with van der Waals surface area (Å²) in [7, 11) is 1.95.